The molecule has 0 saturated carbocycles. The Bertz CT molecular complexity index is 645. The third kappa shape index (κ3) is 2.57. The van der Waals surface area contributed by atoms with Gasteiger partial charge in [-0.1, -0.05) is 10.4 Å². The van der Waals surface area contributed by atoms with Crippen molar-refractivity contribution in [1.29, 1.82) is 0 Å². The van der Waals surface area contributed by atoms with Gasteiger partial charge in [0.05, 0.1) is 12.0 Å². The third-order valence-electron chi connectivity index (χ3n) is 2.67. The van der Waals surface area contributed by atoms with Gasteiger partial charge in [-0.3, -0.25) is 10.1 Å². The molecule has 0 fully saturated rings. The number of aromatic nitrogens is 4. The molecular formula is C11H11N5O3. The molecule has 8 heteroatoms. The minimum Gasteiger partial charge on any atom is -0.870 e. The maximum Gasteiger partial charge on any atom is 0.269 e. The smallest absolute Gasteiger partial charge is 0.269 e. The fourth-order valence-corrected chi connectivity index (χ4v) is 1.43. The molecule has 0 aliphatic carbocycles. The number of tetrazole rings is 1. The largest absolute Gasteiger partial charge is 0.870 e. The number of nitro benzene ring substituents is 1. The Balaban J connectivity index is 2.31. The number of hydrogen-bond donors (Lipinski definition) is 0. The molecule has 0 saturated heterocycles. The second kappa shape index (κ2) is 4.84. The van der Waals surface area contributed by atoms with Crippen molar-refractivity contribution in [3.8, 4) is 0 Å². The number of hydrogen-bond acceptors (Lipinski definition) is 5. The van der Waals surface area contributed by atoms with Crippen molar-refractivity contribution in [2.75, 3.05) is 0 Å². The minimum absolute atomic E-state index is 0.0557. The molecule has 0 N–H and O–H groups in total. The van der Waals surface area contributed by atoms with Gasteiger partial charge >= 0.3 is 0 Å². The lowest BCUT2D eigenvalue weighted by Crippen LogP contribution is -2.33. The Morgan fingerprint density at radius 1 is 1.42 bits per heavy atom. The molecule has 0 radical (unpaired) electrons. The molecule has 0 unspecified atom stereocenters. The zero-order chi connectivity index (χ0) is 14.0. The number of non-ortho nitro benzene ring substituents is 1. The van der Waals surface area contributed by atoms with Crippen LogP contribution in [0.3, 0.4) is 0 Å². The highest BCUT2D eigenvalue weighted by molar-refractivity contribution is 5.68. The zero-order valence-electron chi connectivity index (χ0n) is 10.3. The lowest BCUT2D eigenvalue weighted by molar-refractivity contribution is -0.737. The summed E-state index contributed by atoms with van der Waals surface area (Å²) in [6, 6.07) is 5.39. The molecule has 0 atom stereocenters. The summed E-state index contributed by atoms with van der Waals surface area (Å²) in [6.45, 7) is 1.76. The lowest BCUT2D eigenvalue weighted by Gasteiger charge is -2.09. The van der Waals surface area contributed by atoms with E-state index >= 15 is 0 Å². The normalized spacial score (nSPS) is 11.6. The van der Waals surface area contributed by atoms with Crippen LogP contribution in [-0.2, 0) is 7.05 Å². The van der Waals surface area contributed by atoms with E-state index in [1.165, 1.54) is 39.8 Å². The minimum atomic E-state index is -0.514. The SMILES string of the molecule is Cc1n(/C=C(\[O-])c2ccc([N+](=O)[O-])cc2)nn[n+]1C. The molecule has 2 aromatic rings. The van der Waals surface area contributed by atoms with Gasteiger partial charge in [-0.05, 0) is 17.7 Å². The molecule has 0 amide bonds. The van der Waals surface area contributed by atoms with Gasteiger partial charge < -0.3 is 5.11 Å². The van der Waals surface area contributed by atoms with E-state index in [1.807, 2.05) is 0 Å². The summed E-state index contributed by atoms with van der Waals surface area (Å²) in [4.78, 5) is 9.99. The predicted molar refractivity (Wildman–Crippen MR) is 63.2 cm³/mol. The zero-order valence-corrected chi connectivity index (χ0v) is 10.3. The molecule has 1 heterocycles. The standard InChI is InChI=1S/C11H11N5O3/c1-8-14(2)12-13-15(8)7-11(17)9-3-5-10(6-4-9)16(18)19/h3-7H,1-2H3/b11-7-. The van der Waals surface area contributed by atoms with E-state index in [2.05, 4.69) is 10.4 Å². The summed E-state index contributed by atoms with van der Waals surface area (Å²) in [5.74, 6) is 0.388. The second-order valence-corrected chi connectivity index (χ2v) is 3.89. The van der Waals surface area contributed by atoms with Crippen LogP contribution < -0.4 is 9.79 Å². The Morgan fingerprint density at radius 2 is 2.05 bits per heavy atom. The van der Waals surface area contributed by atoms with E-state index in [9.17, 15) is 15.2 Å². The maximum absolute atomic E-state index is 11.9. The predicted octanol–water partition coefficient (Wildman–Crippen LogP) is -0.365. The molecule has 0 spiro atoms. The van der Waals surface area contributed by atoms with Crippen LogP contribution in [0.5, 0.6) is 0 Å². The first-order chi connectivity index (χ1) is 8.99. The highest BCUT2D eigenvalue weighted by Gasteiger charge is 2.10. The van der Waals surface area contributed by atoms with Crippen molar-refractivity contribution in [3.05, 3.63) is 45.8 Å². The van der Waals surface area contributed by atoms with Crippen LogP contribution in [0.2, 0.25) is 0 Å². The van der Waals surface area contributed by atoms with E-state index in [1.54, 1.807) is 14.0 Å². The lowest BCUT2D eigenvalue weighted by atomic mass is 10.2. The molecule has 0 aliphatic rings. The van der Waals surface area contributed by atoms with E-state index in [-0.39, 0.29) is 11.4 Å². The quantitative estimate of drug-likeness (QED) is 0.325. The maximum atomic E-state index is 11.9. The Hall–Kier alpha value is -2.77. The van der Waals surface area contributed by atoms with Gasteiger partial charge in [0.25, 0.3) is 11.5 Å². The van der Waals surface area contributed by atoms with E-state index in [0.29, 0.717) is 11.4 Å². The van der Waals surface area contributed by atoms with Crippen LogP contribution >= 0.6 is 0 Å². The molecule has 2 rings (SSSR count). The molecular weight excluding hydrogens is 250 g/mol. The van der Waals surface area contributed by atoms with Crippen LogP contribution in [0.15, 0.2) is 24.3 Å². The number of nitrogens with zero attached hydrogens (tertiary/aromatic N) is 5. The van der Waals surface area contributed by atoms with Crippen molar-refractivity contribution in [2.45, 2.75) is 6.92 Å². The third-order valence-corrected chi connectivity index (χ3v) is 2.67. The van der Waals surface area contributed by atoms with Gasteiger partial charge in [0.2, 0.25) is 0 Å². The summed E-state index contributed by atoms with van der Waals surface area (Å²) in [6.07, 6.45) is 1.28. The fourth-order valence-electron chi connectivity index (χ4n) is 1.43. The molecule has 1 aromatic heterocycles. The van der Waals surface area contributed by atoms with Gasteiger partial charge in [-0.15, -0.1) is 4.68 Å². The fraction of sp³-hybridized carbons (Fsp3) is 0.182. The first kappa shape index (κ1) is 12.7. The van der Waals surface area contributed by atoms with Gasteiger partial charge in [0.15, 0.2) is 5.21 Å². The van der Waals surface area contributed by atoms with Crippen LogP contribution in [-0.4, -0.2) is 20.0 Å². The van der Waals surface area contributed by atoms with E-state index in [4.69, 9.17) is 0 Å². The first-order valence-electron chi connectivity index (χ1n) is 5.41. The van der Waals surface area contributed by atoms with Crippen LogP contribution in [0.25, 0.3) is 12.0 Å². The Kier molecular flexibility index (Phi) is 3.23. The van der Waals surface area contributed by atoms with Crippen molar-refractivity contribution in [2.24, 2.45) is 7.05 Å². The number of nitro groups is 1. The second-order valence-electron chi connectivity index (χ2n) is 3.89. The highest BCUT2D eigenvalue weighted by atomic mass is 16.6. The van der Waals surface area contributed by atoms with Crippen LogP contribution in [0.4, 0.5) is 5.69 Å². The summed E-state index contributed by atoms with van der Waals surface area (Å²) < 4.78 is 2.88. The van der Waals surface area contributed by atoms with Gasteiger partial charge in [-0.25, -0.2) is 0 Å². The van der Waals surface area contributed by atoms with Gasteiger partial charge in [-0.2, -0.15) is 0 Å². The van der Waals surface area contributed by atoms with E-state index < -0.39 is 4.92 Å². The van der Waals surface area contributed by atoms with Gasteiger partial charge in [0, 0.05) is 19.1 Å². The summed E-state index contributed by atoms with van der Waals surface area (Å²) >= 11 is 0. The average Bonchev–Trinajstić information content (AvgIpc) is 2.71. The molecule has 1 aromatic carbocycles. The summed E-state index contributed by atoms with van der Waals surface area (Å²) in [5, 5.41) is 30.0. The van der Waals surface area contributed by atoms with Crippen molar-refractivity contribution >= 4 is 17.6 Å². The molecule has 8 nitrogen and oxygen atoms in total. The van der Waals surface area contributed by atoms with Crippen LogP contribution in [0.1, 0.15) is 11.4 Å². The molecule has 0 bridgehead atoms. The number of rotatable bonds is 3. The summed E-state index contributed by atoms with van der Waals surface area (Å²) in [5.41, 5.74) is 0.294. The number of aryl methyl sites for hydroxylation is 1. The summed E-state index contributed by atoms with van der Waals surface area (Å²) in [7, 11) is 1.71. The van der Waals surface area contributed by atoms with Gasteiger partial charge in [0.1, 0.15) is 11.4 Å². The molecule has 19 heavy (non-hydrogen) atoms. The highest BCUT2D eigenvalue weighted by Crippen LogP contribution is 2.15. The topological polar surface area (TPSA) is 101 Å². The van der Waals surface area contributed by atoms with Crippen molar-refractivity contribution in [1.82, 2.24) is 15.1 Å². The van der Waals surface area contributed by atoms with Crippen molar-refractivity contribution < 1.29 is 14.7 Å². The average molecular weight is 261 g/mol. The van der Waals surface area contributed by atoms with E-state index in [0.717, 1.165) is 0 Å². The number of benzene rings is 1. The monoisotopic (exact) mass is 261 g/mol. The first-order valence-corrected chi connectivity index (χ1v) is 5.41. The van der Waals surface area contributed by atoms with Crippen LogP contribution in [0, 0.1) is 17.0 Å². The van der Waals surface area contributed by atoms with Crippen molar-refractivity contribution in [3.63, 3.8) is 0 Å². The Labute approximate surface area is 108 Å². The molecule has 98 valence electrons. The Morgan fingerprint density at radius 3 is 2.53 bits per heavy atom. The molecule has 0 aliphatic heterocycles.